The summed E-state index contributed by atoms with van der Waals surface area (Å²) in [5.41, 5.74) is -0.938. The summed E-state index contributed by atoms with van der Waals surface area (Å²) in [4.78, 5) is 10.7. The Bertz CT molecular complexity index is 490. The first kappa shape index (κ1) is 17.3. The van der Waals surface area contributed by atoms with E-state index >= 15 is 0 Å². The van der Waals surface area contributed by atoms with E-state index in [1.54, 1.807) is 0 Å². The van der Waals surface area contributed by atoms with E-state index < -0.39 is 34.7 Å². The fraction of sp³-hybridized carbons (Fsp3) is 0.533. The summed E-state index contributed by atoms with van der Waals surface area (Å²) in [6.45, 7) is 2.11. The molecule has 6 heteroatoms. The van der Waals surface area contributed by atoms with Crippen LogP contribution in [0.5, 0.6) is 5.75 Å². The Balaban J connectivity index is 2.60. The molecule has 0 amide bonds. The molecule has 3 nitrogen and oxygen atoms in total. The predicted molar refractivity (Wildman–Crippen MR) is 72.1 cm³/mol. The minimum absolute atomic E-state index is 0.0163. The molecule has 0 aliphatic heterocycles. The van der Waals surface area contributed by atoms with Crippen LogP contribution >= 0.6 is 0 Å². The Hall–Kier alpha value is -1.72. The number of carboxylic acid groups (broad SMARTS) is 1. The molecule has 1 aromatic rings. The lowest BCUT2D eigenvalue weighted by atomic mass is 10.1. The summed E-state index contributed by atoms with van der Waals surface area (Å²) in [5.74, 6) is -6.95. The number of hydrogen-bond acceptors (Lipinski definition) is 2. The normalized spacial score (nSPS) is 10.7. The zero-order valence-electron chi connectivity index (χ0n) is 11.9. The van der Waals surface area contributed by atoms with Crippen molar-refractivity contribution in [3.8, 4) is 5.75 Å². The largest absolute Gasteiger partial charge is 0.488 e. The molecule has 0 unspecified atom stereocenters. The standard InChI is InChI=1S/C15H19F3O3/c1-2-3-4-5-6-7-8-21-14-12(17)10(15(19)20)9-11(16)13(14)18/h9H,2-8H2,1H3,(H,19,20). The van der Waals surface area contributed by atoms with Gasteiger partial charge in [-0.05, 0) is 12.5 Å². The first-order chi connectivity index (χ1) is 9.99. The number of unbranched alkanes of at least 4 members (excludes halogenated alkanes) is 5. The lowest BCUT2D eigenvalue weighted by Gasteiger charge is -2.10. The molecule has 0 spiro atoms. The maximum absolute atomic E-state index is 13.7. The molecule has 0 saturated heterocycles. The van der Waals surface area contributed by atoms with E-state index in [1.165, 1.54) is 0 Å². The van der Waals surface area contributed by atoms with Crippen LogP contribution in [0.15, 0.2) is 6.07 Å². The molecule has 0 aliphatic carbocycles. The van der Waals surface area contributed by atoms with Crippen LogP contribution in [0.4, 0.5) is 13.2 Å². The van der Waals surface area contributed by atoms with E-state index in [1.807, 2.05) is 0 Å². The molecule has 0 bridgehead atoms. The minimum Gasteiger partial charge on any atom is -0.488 e. The quantitative estimate of drug-likeness (QED) is 0.538. The van der Waals surface area contributed by atoms with Crippen molar-refractivity contribution in [2.45, 2.75) is 45.4 Å². The minimum atomic E-state index is -1.67. The number of benzene rings is 1. The van der Waals surface area contributed by atoms with Crippen LogP contribution in [0.1, 0.15) is 55.8 Å². The summed E-state index contributed by atoms with van der Waals surface area (Å²) >= 11 is 0. The van der Waals surface area contributed by atoms with Gasteiger partial charge in [-0.25, -0.2) is 13.6 Å². The van der Waals surface area contributed by atoms with Crippen molar-refractivity contribution >= 4 is 5.97 Å². The summed E-state index contributed by atoms with van der Waals surface area (Å²) in [6, 6.07) is 0.310. The second-order valence-electron chi connectivity index (χ2n) is 4.78. The van der Waals surface area contributed by atoms with E-state index in [9.17, 15) is 18.0 Å². The van der Waals surface area contributed by atoms with E-state index in [0.717, 1.165) is 32.1 Å². The van der Waals surface area contributed by atoms with Crippen LogP contribution in [-0.2, 0) is 0 Å². The number of ether oxygens (including phenoxy) is 1. The Labute approximate surface area is 121 Å². The Morgan fingerprint density at radius 1 is 1.10 bits per heavy atom. The number of hydrogen-bond donors (Lipinski definition) is 1. The van der Waals surface area contributed by atoms with E-state index in [0.29, 0.717) is 12.5 Å². The van der Waals surface area contributed by atoms with Gasteiger partial charge in [0.2, 0.25) is 5.82 Å². The first-order valence-corrected chi connectivity index (χ1v) is 7.02. The molecule has 0 aliphatic rings. The maximum atomic E-state index is 13.7. The topological polar surface area (TPSA) is 46.5 Å². The van der Waals surface area contributed by atoms with Crippen LogP contribution in [0.25, 0.3) is 0 Å². The van der Waals surface area contributed by atoms with Crippen LogP contribution in [0.2, 0.25) is 0 Å². The highest BCUT2D eigenvalue weighted by Gasteiger charge is 2.23. The maximum Gasteiger partial charge on any atom is 0.338 e. The Morgan fingerprint density at radius 2 is 1.71 bits per heavy atom. The highest BCUT2D eigenvalue weighted by atomic mass is 19.2. The van der Waals surface area contributed by atoms with E-state index in [-0.39, 0.29) is 6.61 Å². The predicted octanol–water partition coefficient (Wildman–Crippen LogP) is 4.54. The van der Waals surface area contributed by atoms with Gasteiger partial charge in [-0.15, -0.1) is 0 Å². The first-order valence-electron chi connectivity index (χ1n) is 7.02. The molecule has 1 N–H and O–H groups in total. The van der Waals surface area contributed by atoms with Crippen LogP contribution < -0.4 is 4.74 Å². The molecule has 1 aromatic carbocycles. The van der Waals surface area contributed by atoms with Crippen molar-refractivity contribution < 1.29 is 27.8 Å². The fourth-order valence-corrected chi connectivity index (χ4v) is 1.92. The van der Waals surface area contributed by atoms with E-state index in [4.69, 9.17) is 9.84 Å². The van der Waals surface area contributed by atoms with Gasteiger partial charge in [0.15, 0.2) is 17.4 Å². The van der Waals surface area contributed by atoms with Gasteiger partial charge in [0.25, 0.3) is 0 Å². The highest BCUT2D eigenvalue weighted by Crippen LogP contribution is 2.27. The summed E-state index contributed by atoms with van der Waals surface area (Å²) < 4.78 is 45.3. The Morgan fingerprint density at radius 3 is 2.33 bits per heavy atom. The average molecular weight is 304 g/mol. The van der Waals surface area contributed by atoms with Crippen molar-refractivity contribution in [1.29, 1.82) is 0 Å². The lowest BCUT2D eigenvalue weighted by molar-refractivity contribution is 0.0689. The summed E-state index contributed by atoms with van der Waals surface area (Å²) in [7, 11) is 0. The molecule has 0 atom stereocenters. The fourth-order valence-electron chi connectivity index (χ4n) is 1.92. The van der Waals surface area contributed by atoms with Crippen LogP contribution in [0.3, 0.4) is 0 Å². The third-order valence-corrected chi connectivity index (χ3v) is 3.09. The lowest BCUT2D eigenvalue weighted by Crippen LogP contribution is -2.09. The second kappa shape index (κ2) is 8.54. The monoisotopic (exact) mass is 304 g/mol. The smallest absolute Gasteiger partial charge is 0.338 e. The number of carbonyl (C=O) groups is 1. The Kier molecular flexibility index (Phi) is 7.05. The van der Waals surface area contributed by atoms with Crippen molar-refractivity contribution in [1.82, 2.24) is 0 Å². The van der Waals surface area contributed by atoms with E-state index in [2.05, 4.69) is 6.92 Å². The second-order valence-corrected chi connectivity index (χ2v) is 4.78. The molecule has 0 radical (unpaired) electrons. The zero-order valence-corrected chi connectivity index (χ0v) is 11.9. The number of carboxylic acids is 1. The molecular formula is C15H19F3O3. The van der Waals surface area contributed by atoms with Crippen LogP contribution in [0, 0.1) is 17.5 Å². The number of halogens is 3. The van der Waals surface area contributed by atoms with Crippen molar-refractivity contribution in [3.63, 3.8) is 0 Å². The number of rotatable bonds is 9. The van der Waals surface area contributed by atoms with Gasteiger partial charge in [-0.2, -0.15) is 4.39 Å². The summed E-state index contributed by atoms with van der Waals surface area (Å²) in [5, 5.41) is 8.71. The van der Waals surface area contributed by atoms with Crippen LogP contribution in [-0.4, -0.2) is 17.7 Å². The molecule has 1 rings (SSSR count). The average Bonchev–Trinajstić information content (AvgIpc) is 2.44. The van der Waals surface area contributed by atoms with Crippen molar-refractivity contribution in [2.24, 2.45) is 0 Å². The zero-order chi connectivity index (χ0) is 15.8. The molecule has 21 heavy (non-hydrogen) atoms. The number of aromatic carboxylic acids is 1. The molecule has 0 heterocycles. The molecule has 0 saturated carbocycles. The van der Waals surface area contributed by atoms with Gasteiger partial charge in [-0.3, -0.25) is 0 Å². The van der Waals surface area contributed by atoms with Gasteiger partial charge in [0.05, 0.1) is 6.61 Å². The third-order valence-electron chi connectivity index (χ3n) is 3.09. The highest BCUT2D eigenvalue weighted by molar-refractivity contribution is 5.88. The summed E-state index contributed by atoms with van der Waals surface area (Å²) in [6.07, 6.45) is 5.74. The van der Waals surface area contributed by atoms with Gasteiger partial charge >= 0.3 is 5.97 Å². The molecule has 0 fully saturated rings. The SMILES string of the molecule is CCCCCCCCOc1c(F)c(F)cc(C(=O)O)c1F. The molecule has 118 valence electrons. The van der Waals surface area contributed by atoms with Crippen molar-refractivity contribution in [2.75, 3.05) is 6.61 Å². The van der Waals surface area contributed by atoms with Crippen molar-refractivity contribution in [3.05, 3.63) is 29.1 Å². The van der Waals surface area contributed by atoms with Gasteiger partial charge < -0.3 is 9.84 Å². The molecule has 0 aromatic heterocycles. The van der Waals surface area contributed by atoms with Gasteiger partial charge in [0, 0.05) is 0 Å². The molecular weight excluding hydrogens is 285 g/mol. The van der Waals surface area contributed by atoms with Gasteiger partial charge in [-0.1, -0.05) is 39.0 Å². The van der Waals surface area contributed by atoms with Gasteiger partial charge in [0.1, 0.15) is 5.56 Å². The third kappa shape index (κ3) is 4.95.